The lowest BCUT2D eigenvalue weighted by Crippen LogP contribution is -2.32. The Morgan fingerprint density at radius 1 is 1.54 bits per heavy atom. The van der Waals surface area contributed by atoms with Crippen LogP contribution in [0.1, 0.15) is 6.42 Å². The van der Waals surface area contributed by atoms with Crippen LogP contribution in [-0.4, -0.2) is 24.9 Å². The maximum absolute atomic E-state index is 10.3. The lowest BCUT2D eigenvalue weighted by molar-refractivity contribution is -0.420. The van der Waals surface area contributed by atoms with E-state index in [2.05, 4.69) is 0 Å². The molecule has 0 aromatic carbocycles. The van der Waals surface area contributed by atoms with Crippen LogP contribution < -0.4 is 0 Å². The molecule has 5 heteroatoms. The molecule has 1 aliphatic carbocycles. The van der Waals surface area contributed by atoms with Gasteiger partial charge in [-0.1, -0.05) is 0 Å². The van der Waals surface area contributed by atoms with Crippen molar-refractivity contribution in [2.75, 3.05) is 14.2 Å². The van der Waals surface area contributed by atoms with E-state index < -0.39 is 10.7 Å². The number of allylic oxidation sites excluding steroid dienone is 1. The van der Waals surface area contributed by atoms with Crippen LogP contribution in [0.3, 0.4) is 0 Å². The predicted molar refractivity (Wildman–Crippen MR) is 45.6 cm³/mol. The third-order valence-corrected chi connectivity index (χ3v) is 2.01. The quantitative estimate of drug-likeness (QED) is 0.375. The molecular formula is C8H11NO4. The minimum atomic E-state index is -0.834. The molecule has 5 nitrogen and oxygen atoms in total. The van der Waals surface area contributed by atoms with Crippen molar-refractivity contribution in [1.29, 1.82) is 0 Å². The summed E-state index contributed by atoms with van der Waals surface area (Å²) in [7, 11) is 3.00. The van der Waals surface area contributed by atoms with Gasteiger partial charge in [-0.05, 0) is 12.2 Å². The lowest BCUT2D eigenvalue weighted by atomic mass is 10.1. The fraction of sp³-hybridized carbons (Fsp3) is 0.500. The Morgan fingerprint density at radius 3 is 2.46 bits per heavy atom. The molecular weight excluding hydrogens is 174 g/mol. The van der Waals surface area contributed by atoms with Gasteiger partial charge in [0.25, 0.3) is 5.70 Å². The molecule has 0 unspecified atom stereocenters. The van der Waals surface area contributed by atoms with Crippen molar-refractivity contribution in [2.24, 2.45) is 0 Å². The largest absolute Gasteiger partial charge is 0.349 e. The zero-order valence-electron chi connectivity index (χ0n) is 7.52. The Balaban J connectivity index is 2.77. The van der Waals surface area contributed by atoms with Gasteiger partial charge in [0.15, 0.2) is 5.79 Å². The van der Waals surface area contributed by atoms with Gasteiger partial charge in [-0.2, -0.15) is 0 Å². The molecule has 0 N–H and O–H groups in total. The maximum Gasteiger partial charge on any atom is 0.265 e. The molecule has 0 atom stereocenters. The fourth-order valence-electron chi connectivity index (χ4n) is 1.12. The summed E-state index contributed by atoms with van der Waals surface area (Å²) < 4.78 is 10.2. The zero-order valence-corrected chi connectivity index (χ0v) is 7.52. The highest BCUT2D eigenvalue weighted by atomic mass is 16.7. The van der Waals surface area contributed by atoms with Gasteiger partial charge in [-0.25, -0.2) is 0 Å². The van der Waals surface area contributed by atoms with Crippen LogP contribution in [0.15, 0.2) is 23.9 Å². The van der Waals surface area contributed by atoms with Crippen molar-refractivity contribution in [1.82, 2.24) is 0 Å². The summed E-state index contributed by atoms with van der Waals surface area (Å²) in [6, 6.07) is 0. The molecule has 0 spiro atoms. The first-order valence-corrected chi connectivity index (χ1v) is 3.77. The SMILES string of the molecule is COC1(OC)C=CC([N+](=O)[O-])=CC1. The summed E-state index contributed by atoms with van der Waals surface area (Å²) >= 11 is 0. The van der Waals surface area contributed by atoms with Gasteiger partial charge in [-0.3, -0.25) is 10.1 Å². The number of methoxy groups -OCH3 is 2. The summed E-state index contributed by atoms with van der Waals surface area (Å²) in [6.07, 6.45) is 4.77. The summed E-state index contributed by atoms with van der Waals surface area (Å²) in [5.74, 6) is -0.834. The highest BCUT2D eigenvalue weighted by molar-refractivity contribution is 5.20. The van der Waals surface area contributed by atoms with Crippen molar-refractivity contribution < 1.29 is 14.4 Å². The van der Waals surface area contributed by atoms with Crippen molar-refractivity contribution in [2.45, 2.75) is 12.2 Å². The Hall–Kier alpha value is -1.20. The smallest absolute Gasteiger partial charge is 0.265 e. The molecule has 0 saturated heterocycles. The molecule has 0 aromatic rings. The van der Waals surface area contributed by atoms with E-state index in [-0.39, 0.29) is 5.70 Å². The number of ether oxygens (including phenoxy) is 2. The minimum absolute atomic E-state index is 0.0738. The summed E-state index contributed by atoms with van der Waals surface area (Å²) in [4.78, 5) is 9.91. The third kappa shape index (κ3) is 1.93. The Kier molecular flexibility index (Phi) is 2.79. The molecule has 72 valence electrons. The van der Waals surface area contributed by atoms with Crippen molar-refractivity contribution in [3.05, 3.63) is 34.0 Å². The molecule has 0 saturated carbocycles. The first kappa shape index (κ1) is 9.88. The molecule has 0 bridgehead atoms. The van der Waals surface area contributed by atoms with Gasteiger partial charge in [0.2, 0.25) is 0 Å². The predicted octanol–water partition coefficient (Wildman–Crippen LogP) is 1.10. The van der Waals surface area contributed by atoms with Gasteiger partial charge < -0.3 is 9.47 Å². The van der Waals surface area contributed by atoms with E-state index in [0.29, 0.717) is 6.42 Å². The molecule has 1 aliphatic rings. The van der Waals surface area contributed by atoms with E-state index in [9.17, 15) is 10.1 Å². The Labute approximate surface area is 75.8 Å². The maximum atomic E-state index is 10.3. The average molecular weight is 185 g/mol. The molecule has 0 aliphatic heterocycles. The first-order valence-electron chi connectivity index (χ1n) is 3.77. The van der Waals surface area contributed by atoms with Crippen LogP contribution in [0.25, 0.3) is 0 Å². The lowest BCUT2D eigenvalue weighted by Gasteiger charge is -2.27. The summed E-state index contributed by atoms with van der Waals surface area (Å²) in [5.41, 5.74) is 0.0738. The van der Waals surface area contributed by atoms with Crippen LogP contribution in [-0.2, 0) is 9.47 Å². The van der Waals surface area contributed by atoms with Crippen molar-refractivity contribution in [3.8, 4) is 0 Å². The summed E-state index contributed by atoms with van der Waals surface area (Å²) in [5, 5.41) is 10.3. The van der Waals surface area contributed by atoms with Gasteiger partial charge in [0, 0.05) is 26.7 Å². The molecule has 0 radical (unpaired) electrons. The number of nitro groups is 1. The zero-order chi connectivity index (χ0) is 9.90. The second kappa shape index (κ2) is 3.68. The van der Waals surface area contributed by atoms with E-state index in [1.807, 2.05) is 0 Å². The average Bonchev–Trinajstić information content (AvgIpc) is 2.18. The molecule has 0 fully saturated rings. The van der Waals surface area contributed by atoms with E-state index in [1.165, 1.54) is 26.4 Å². The number of rotatable bonds is 3. The number of nitrogens with zero attached hydrogens (tertiary/aromatic N) is 1. The molecule has 1 rings (SSSR count). The highest BCUT2D eigenvalue weighted by Crippen LogP contribution is 2.24. The molecule has 0 amide bonds. The van der Waals surface area contributed by atoms with Gasteiger partial charge in [-0.15, -0.1) is 0 Å². The molecule has 0 aromatic heterocycles. The molecule has 13 heavy (non-hydrogen) atoms. The van der Waals surface area contributed by atoms with E-state index in [4.69, 9.17) is 9.47 Å². The topological polar surface area (TPSA) is 61.6 Å². The van der Waals surface area contributed by atoms with Crippen LogP contribution in [0.4, 0.5) is 0 Å². The molecule has 0 heterocycles. The van der Waals surface area contributed by atoms with Crippen LogP contribution >= 0.6 is 0 Å². The van der Waals surface area contributed by atoms with E-state index >= 15 is 0 Å². The second-order valence-electron chi connectivity index (χ2n) is 2.64. The van der Waals surface area contributed by atoms with Crippen molar-refractivity contribution in [3.63, 3.8) is 0 Å². The highest BCUT2D eigenvalue weighted by Gasteiger charge is 2.29. The third-order valence-electron chi connectivity index (χ3n) is 2.01. The van der Waals surface area contributed by atoms with E-state index in [1.54, 1.807) is 6.08 Å². The normalized spacial score (nSPS) is 19.7. The first-order chi connectivity index (χ1) is 6.13. The van der Waals surface area contributed by atoms with Crippen LogP contribution in [0.2, 0.25) is 0 Å². The van der Waals surface area contributed by atoms with Gasteiger partial charge in [0.05, 0.1) is 4.92 Å². The second-order valence-corrected chi connectivity index (χ2v) is 2.64. The van der Waals surface area contributed by atoms with E-state index in [0.717, 1.165) is 0 Å². The van der Waals surface area contributed by atoms with Gasteiger partial charge in [0.1, 0.15) is 0 Å². The minimum Gasteiger partial charge on any atom is -0.349 e. The number of hydrogen-bond acceptors (Lipinski definition) is 4. The van der Waals surface area contributed by atoms with Gasteiger partial charge >= 0.3 is 0 Å². The monoisotopic (exact) mass is 185 g/mol. The Morgan fingerprint density at radius 2 is 2.15 bits per heavy atom. The Bertz CT molecular complexity index is 265. The standard InChI is InChI=1S/C8H11NO4/c1-12-8(13-2)5-3-7(4-6-8)9(10)11/h3-5H,6H2,1-2H3. The fourth-order valence-corrected chi connectivity index (χ4v) is 1.12. The van der Waals surface area contributed by atoms with Crippen LogP contribution in [0.5, 0.6) is 0 Å². The van der Waals surface area contributed by atoms with Crippen LogP contribution in [0, 0.1) is 10.1 Å². The summed E-state index contributed by atoms with van der Waals surface area (Å²) in [6.45, 7) is 0. The van der Waals surface area contributed by atoms with Crippen molar-refractivity contribution >= 4 is 0 Å². The number of hydrogen-bond donors (Lipinski definition) is 0.